The molecule has 7 nitrogen and oxygen atoms in total. The van der Waals surface area contributed by atoms with Gasteiger partial charge in [-0.15, -0.1) is 0 Å². The van der Waals surface area contributed by atoms with Crippen LogP contribution in [0.15, 0.2) is 96.5 Å². The second-order valence-electron chi connectivity index (χ2n) is 7.99. The zero-order chi connectivity index (χ0) is 26.6. The van der Waals surface area contributed by atoms with E-state index in [9.17, 15) is 13.2 Å². The van der Waals surface area contributed by atoms with Crippen molar-refractivity contribution >= 4 is 11.8 Å². The second kappa shape index (κ2) is 10.1. The van der Waals surface area contributed by atoms with Crippen molar-refractivity contribution in [3.8, 4) is 16.9 Å². The topological polar surface area (TPSA) is 111 Å². The SMILES string of the molecule is COc1cncc(-c2cccc(C3(c4ccncc4)N=C(N)c4ccccc43)c2)c1.O=C(O)C(F)(F)F. The molecule has 0 spiro atoms. The van der Waals surface area contributed by atoms with Crippen LogP contribution in [-0.2, 0) is 10.3 Å². The molecule has 0 bridgehead atoms. The molecule has 10 heteroatoms. The molecule has 3 N–H and O–H groups in total. The fourth-order valence-electron chi connectivity index (χ4n) is 4.14. The average Bonchev–Trinajstić information content (AvgIpc) is 3.22. The van der Waals surface area contributed by atoms with Crippen molar-refractivity contribution in [2.75, 3.05) is 7.11 Å². The lowest BCUT2D eigenvalue weighted by atomic mass is 9.77. The molecule has 188 valence electrons. The average molecular weight is 506 g/mol. The van der Waals surface area contributed by atoms with Gasteiger partial charge in [0, 0.05) is 29.7 Å². The summed E-state index contributed by atoms with van der Waals surface area (Å²) >= 11 is 0. The highest BCUT2D eigenvalue weighted by Crippen LogP contribution is 2.46. The van der Waals surface area contributed by atoms with Crippen molar-refractivity contribution in [3.05, 3.63) is 114 Å². The lowest BCUT2D eigenvalue weighted by molar-refractivity contribution is -0.192. The number of halogens is 3. The second-order valence-corrected chi connectivity index (χ2v) is 7.99. The van der Waals surface area contributed by atoms with Crippen LogP contribution >= 0.6 is 0 Å². The first-order valence-corrected chi connectivity index (χ1v) is 10.9. The number of hydrogen-bond acceptors (Lipinski definition) is 6. The number of carbonyl (C=O) groups is 1. The van der Waals surface area contributed by atoms with Gasteiger partial charge in [0.1, 0.15) is 17.1 Å². The highest BCUT2D eigenvalue weighted by Gasteiger charge is 2.42. The Morgan fingerprint density at radius 2 is 1.62 bits per heavy atom. The summed E-state index contributed by atoms with van der Waals surface area (Å²) in [5.41, 5.74) is 11.7. The van der Waals surface area contributed by atoms with Crippen LogP contribution in [0, 0.1) is 0 Å². The van der Waals surface area contributed by atoms with Gasteiger partial charge in [0.2, 0.25) is 0 Å². The number of aliphatic carboxylic acids is 1. The van der Waals surface area contributed by atoms with Crippen molar-refractivity contribution in [1.82, 2.24) is 9.97 Å². The number of hydrogen-bond donors (Lipinski definition) is 2. The Morgan fingerprint density at radius 1 is 0.919 bits per heavy atom. The number of ether oxygens (including phenoxy) is 1. The maximum atomic E-state index is 10.6. The predicted molar refractivity (Wildman–Crippen MR) is 131 cm³/mol. The molecular formula is C27H21F3N4O3. The van der Waals surface area contributed by atoms with Crippen molar-refractivity contribution in [3.63, 3.8) is 0 Å². The molecule has 2 aromatic carbocycles. The molecule has 5 rings (SSSR count). The van der Waals surface area contributed by atoms with E-state index >= 15 is 0 Å². The number of carboxylic acid groups (broad SMARTS) is 1. The predicted octanol–water partition coefficient (Wildman–Crippen LogP) is 4.80. The van der Waals surface area contributed by atoms with E-state index in [1.165, 1.54) is 0 Å². The molecule has 37 heavy (non-hydrogen) atoms. The van der Waals surface area contributed by atoms with Gasteiger partial charge >= 0.3 is 12.1 Å². The molecule has 3 heterocycles. The molecule has 0 aliphatic carbocycles. The Labute approximate surface area is 210 Å². The number of pyridine rings is 2. The number of aromatic nitrogens is 2. The third-order valence-electron chi connectivity index (χ3n) is 5.78. The molecule has 2 aromatic heterocycles. The van der Waals surface area contributed by atoms with Crippen molar-refractivity contribution in [2.24, 2.45) is 10.7 Å². The van der Waals surface area contributed by atoms with E-state index < -0.39 is 17.7 Å². The van der Waals surface area contributed by atoms with E-state index in [2.05, 4.69) is 34.2 Å². The number of aliphatic imine (C=N–C) groups is 1. The van der Waals surface area contributed by atoms with Crippen LogP contribution in [0.3, 0.4) is 0 Å². The molecule has 0 radical (unpaired) electrons. The Hall–Kier alpha value is -4.73. The summed E-state index contributed by atoms with van der Waals surface area (Å²) in [5, 5.41) is 7.12. The number of rotatable bonds is 4. The maximum absolute atomic E-state index is 10.6. The largest absolute Gasteiger partial charge is 0.495 e. The first kappa shape index (κ1) is 25.4. The molecule has 0 saturated heterocycles. The number of nitrogens with zero attached hydrogens (tertiary/aromatic N) is 3. The summed E-state index contributed by atoms with van der Waals surface area (Å²) in [6.45, 7) is 0. The highest BCUT2D eigenvalue weighted by molar-refractivity contribution is 6.03. The highest BCUT2D eigenvalue weighted by atomic mass is 19.4. The molecule has 0 saturated carbocycles. The summed E-state index contributed by atoms with van der Waals surface area (Å²) < 4.78 is 37.1. The van der Waals surface area contributed by atoms with Crippen LogP contribution in [0.2, 0.25) is 0 Å². The minimum atomic E-state index is -5.08. The maximum Gasteiger partial charge on any atom is 0.490 e. The quantitative estimate of drug-likeness (QED) is 0.412. The van der Waals surface area contributed by atoms with Gasteiger partial charge in [-0.05, 0) is 46.5 Å². The van der Waals surface area contributed by atoms with E-state index in [4.69, 9.17) is 25.4 Å². The van der Waals surface area contributed by atoms with Crippen molar-refractivity contribution in [2.45, 2.75) is 11.7 Å². The molecule has 1 atom stereocenters. The van der Waals surface area contributed by atoms with Crippen LogP contribution in [0.1, 0.15) is 22.3 Å². The minimum Gasteiger partial charge on any atom is -0.495 e. The van der Waals surface area contributed by atoms with Crippen LogP contribution in [0.5, 0.6) is 5.75 Å². The number of benzene rings is 2. The summed E-state index contributed by atoms with van der Waals surface area (Å²) in [6.07, 6.45) is 2.03. The van der Waals surface area contributed by atoms with Gasteiger partial charge in [-0.3, -0.25) is 9.97 Å². The Kier molecular flexibility index (Phi) is 6.92. The summed E-state index contributed by atoms with van der Waals surface area (Å²) in [5.74, 6) is -1.50. The Bertz CT molecular complexity index is 1460. The smallest absolute Gasteiger partial charge is 0.490 e. The van der Waals surface area contributed by atoms with Gasteiger partial charge in [-0.1, -0.05) is 42.5 Å². The van der Waals surface area contributed by atoms with Crippen LogP contribution < -0.4 is 10.5 Å². The van der Waals surface area contributed by atoms with Crippen LogP contribution in [0.4, 0.5) is 13.2 Å². The number of alkyl halides is 3. The summed E-state index contributed by atoms with van der Waals surface area (Å²) in [4.78, 5) is 22.4. The Morgan fingerprint density at radius 3 is 2.30 bits per heavy atom. The molecule has 0 fully saturated rings. The lowest BCUT2D eigenvalue weighted by Crippen LogP contribution is -2.25. The summed E-state index contributed by atoms with van der Waals surface area (Å²) in [6, 6.07) is 22.5. The van der Waals surface area contributed by atoms with E-state index in [-0.39, 0.29) is 0 Å². The zero-order valence-electron chi connectivity index (χ0n) is 19.5. The molecule has 0 amide bonds. The molecular weight excluding hydrogens is 485 g/mol. The lowest BCUT2D eigenvalue weighted by Gasteiger charge is -2.29. The fraction of sp³-hybridized carbons (Fsp3) is 0.111. The van der Waals surface area contributed by atoms with E-state index in [1.54, 1.807) is 25.7 Å². The number of fused-ring (bicyclic) bond motifs is 1. The van der Waals surface area contributed by atoms with E-state index in [0.29, 0.717) is 5.84 Å². The zero-order valence-corrected chi connectivity index (χ0v) is 19.5. The van der Waals surface area contributed by atoms with E-state index in [1.807, 2.05) is 48.7 Å². The van der Waals surface area contributed by atoms with Crippen LogP contribution in [0.25, 0.3) is 11.1 Å². The normalized spacial score (nSPS) is 16.2. The van der Waals surface area contributed by atoms with Gasteiger partial charge in [0.15, 0.2) is 0 Å². The van der Waals surface area contributed by atoms with Gasteiger partial charge in [-0.25, -0.2) is 9.79 Å². The van der Waals surface area contributed by atoms with Crippen molar-refractivity contribution in [1.29, 1.82) is 0 Å². The van der Waals surface area contributed by atoms with E-state index in [0.717, 1.165) is 39.1 Å². The molecule has 1 aliphatic rings. The molecule has 1 aliphatic heterocycles. The number of nitrogens with two attached hydrogens (primary N) is 1. The van der Waals surface area contributed by atoms with Gasteiger partial charge in [-0.2, -0.15) is 13.2 Å². The third kappa shape index (κ3) is 4.99. The molecule has 1 unspecified atom stereocenters. The monoisotopic (exact) mass is 506 g/mol. The first-order chi connectivity index (χ1) is 17.7. The fourth-order valence-corrected chi connectivity index (χ4v) is 4.14. The van der Waals surface area contributed by atoms with Gasteiger partial charge in [0.05, 0.1) is 13.3 Å². The standard InChI is InChI=1S/C25H20N4O.C2HF3O2/c1-30-21-14-18(15-28-16-21)17-5-4-6-20(13-17)25(19-9-11-27-12-10-19)23-8-3-2-7-22(23)24(26)29-25;3-2(4,5)1(6)7/h2-16H,1H3,(H2,26,29);(H,6,7). The Balaban J connectivity index is 0.000000405. The number of amidine groups is 1. The number of methoxy groups -OCH3 is 1. The summed E-state index contributed by atoms with van der Waals surface area (Å²) in [7, 11) is 1.64. The van der Waals surface area contributed by atoms with Crippen molar-refractivity contribution < 1.29 is 27.8 Å². The van der Waals surface area contributed by atoms with Gasteiger partial charge < -0.3 is 15.6 Å². The molecule has 4 aromatic rings. The minimum absolute atomic E-state index is 0.538. The number of carboxylic acids is 1. The van der Waals surface area contributed by atoms with Gasteiger partial charge in [0.25, 0.3) is 0 Å². The third-order valence-corrected chi connectivity index (χ3v) is 5.78. The van der Waals surface area contributed by atoms with Crippen LogP contribution in [-0.4, -0.2) is 40.2 Å². The first-order valence-electron chi connectivity index (χ1n) is 10.9.